The third kappa shape index (κ3) is 4.16. The molecular weight excluding hydrogens is 430 g/mol. The number of carbonyl (C=O) groups excluding carboxylic acids is 1. The highest BCUT2D eigenvalue weighted by Crippen LogP contribution is 2.46. The smallest absolute Gasteiger partial charge is 0.244 e. The molecule has 164 valence electrons. The number of para-hydroxylation sites is 1. The van der Waals surface area contributed by atoms with Crippen LogP contribution in [0.3, 0.4) is 0 Å². The Morgan fingerprint density at radius 3 is 2.52 bits per heavy atom. The molecule has 1 saturated heterocycles. The summed E-state index contributed by atoms with van der Waals surface area (Å²) in [5.41, 5.74) is 3.06. The predicted molar refractivity (Wildman–Crippen MR) is 124 cm³/mol. The van der Waals surface area contributed by atoms with E-state index in [1.54, 1.807) is 18.2 Å². The van der Waals surface area contributed by atoms with E-state index in [0.717, 1.165) is 24.2 Å². The molecule has 1 aromatic heterocycles. The van der Waals surface area contributed by atoms with Gasteiger partial charge in [-0.1, -0.05) is 43.8 Å². The zero-order valence-corrected chi connectivity index (χ0v) is 19.7. The summed E-state index contributed by atoms with van der Waals surface area (Å²) in [4.78, 5) is 19.3. The maximum atomic E-state index is 12.7. The van der Waals surface area contributed by atoms with Crippen molar-refractivity contribution < 1.29 is 13.2 Å². The first kappa shape index (κ1) is 22.0. The van der Waals surface area contributed by atoms with Crippen LogP contribution in [-0.2, 0) is 20.2 Å². The van der Waals surface area contributed by atoms with E-state index in [4.69, 9.17) is 0 Å². The molecule has 0 unspecified atom stereocenters. The molecule has 0 aliphatic carbocycles. The lowest BCUT2D eigenvalue weighted by atomic mass is 9.83. The molecule has 3 heterocycles. The second kappa shape index (κ2) is 8.41. The van der Waals surface area contributed by atoms with Crippen LogP contribution in [0, 0.1) is 0 Å². The molecule has 0 spiro atoms. The maximum absolute atomic E-state index is 12.7. The van der Waals surface area contributed by atoms with E-state index in [0.29, 0.717) is 18.1 Å². The van der Waals surface area contributed by atoms with Gasteiger partial charge in [-0.2, -0.15) is 4.31 Å². The molecule has 1 fully saturated rings. The zero-order chi connectivity index (χ0) is 22.2. The lowest BCUT2D eigenvalue weighted by Gasteiger charge is -2.23. The summed E-state index contributed by atoms with van der Waals surface area (Å²) in [6, 6.07) is 11.5. The van der Waals surface area contributed by atoms with Crippen molar-refractivity contribution in [3.8, 4) is 0 Å². The lowest BCUT2D eigenvalue weighted by molar-refractivity contribution is -0.112. The van der Waals surface area contributed by atoms with Crippen molar-refractivity contribution in [2.45, 2.75) is 42.0 Å². The Kier molecular flexibility index (Phi) is 5.98. The molecule has 0 saturated carbocycles. The molecule has 2 aromatic rings. The van der Waals surface area contributed by atoms with E-state index in [1.165, 1.54) is 27.8 Å². The maximum Gasteiger partial charge on any atom is 0.244 e. The van der Waals surface area contributed by atoms with E-state index in [-0.39, 0.29) is 21.8 Å². The average Bonchev–Trinajstić information content (AvgIpc) is 3.36. The van der Waals surface area contributed by atoms with E-state index in [9.17, 15) is 13.2 Å². The minimum atomic E-state index is -3.47. The first-order chi connectivity index (χ1) is 14.7. The average molecular weight is 458 g/mol. The van der Waals surface area contributed by atoms with E-state index in [1.807, 2.05) is 19.2 Å². The van der Waals surface area contributed by atoms with Gasteiger partial charge in [-0.25, -0.2) is 13.4 Å². The van der Waals surface area contributed by atoms with E-state index < -0.39 is 10.0 Å². The number of carbonyl (C=O) groups is 1. The van der Waals surface area contributed by atoms with Gasteiger partial charge in [0, 0.05) is 49.2 Å². The molecule has 0 amide bonds. The molecule has 4 rings (SSSR count). The summed E-state index contributed by atoms with van der Waals surface area (Å²) in [6.07, 6.45) is 4.91. The van der Waals surface area contributed by atoms with Crippen LogP contribution in [0.1, 0.15) is 32.3 Å². The van der Waals surface area contributed by atoms with Gasteiger partial charge in [0.25, 0.3) is 0 Å². The van der Waals surface area contributed by atoms with Crippen LogP contribution in [0.25, 0.3) is 0 Å². The molecule has 0 N–H and O–H groups in total. The molecular formula is C23H27N3O3S2. The fourth-order valence-electron chi connectivity index (χ4n) is 4.28. The Morgan fingerprint density at radius 2 is 1.87 bits per heavy atom. The Bertz CT molecular complexity index is 1120. The molecule has 0 bridgehead atoms. The van der Waals surface area contributed by atoms with Crippen molar-refractivity contribution in [1.29, 1.82) is 0 Å². The van der Waals surface area contributed by atoms with E-state index in [2.05, 4.69) is 35.9 Å². The third-order valence-electron chi connectivity index (χ3n) is 6.01. The van der Waals surface area contributed by atoms with Crippen LogP contribution >= 0.6 is 11.8 Å². The van der Waals surface area contributed by atoms with Crippen molar-refractivity contribution in [3.05, 3.63) is 59.9 Å². The fraction of sp³-hybridized carbons (Fsp3) is 0.391. The highest BCUT2D eigenvalue weighted by atomic mass is 32.2. The van der Waals surface area contributed by atoms with Crippen LogP contribution < -0.4 is 4.90 Å². The third-order valence-corrected chi connectivity index (χ3v) is 8.86. The standard InChI is InChI=1S/C23H27N3O3S2/c1-23(2)19-8-4-5-9-20(19)25(3)21(23)14-17(27)16-30-22-11-10-18(15-24-22)31(28,29)26-12-6-7-13-26/h4-5,8-11,14-15H,6-7,12-13,16H2,1-3H3/b21-14-. The summed E-state index contributed by atoms with van der Waals surface area (Å²) < 4.78 is 26.7. The van der Waals surface area contributed by atoms with Crippen molar-refractivity contribution >= 4 is 33.3 Å². The topological polar surface area (TPSA) is 70.6 Å². The predicted octanol–water partition coefficient (Wildman–Crippen LogP) is 3.84. The largest absolute Gasteiger partial charge is 0.347 e. The quantitative estimate of drug-likeness (QED) is 0.485. The van der Waals surface area contributed by atoms with Gasteiger partial charge in [0.05, 0.1) is 10.8 Å². The number of likely N-dealkylation sites (N-methyl/N-ethyl adjacent to an activating group) is 1. The first-order valence-corrected chi connectivity index (χ1v) is 12.8. The summed E-state index contributed by atoms with van der Waals surface area (Å²) in [5.74, 6) is 0.248. The first-order valence-electron chi connectivity index (χ1n) is 10.4. The van der Waals surface area contributed by atoms with Crippen molar-refractivity contribution in [1.82, 2.24) is 9.29 Å². The number of hydrogen-bond acceptors (Lipinski definition) is 6. The van der Waals surface area contributed by atoms with Crippen LogP contribution in [0.5, 0.6) is 0 Å². The second-order valence-electron chi connectivity index (χ2n) is 8.43. The highest BCUT2D eigenvalue weighted by Gasteiger charge is 2.38. The van der Waals surface area contributed by atoms with Crippen molar-refractivity contribution in [3.63, 3.8) is 0 Å². The van der Waals surface area contributed by atoms with Crippen LogP contribution in [-0.4, -0.2) is 49.4 Å². The van der Waals surface area contributed by atoms with Gasteiger partial charge >= 0.3 is 0 Å². The Balaban J connectivity index is 1.43. The molecule has 2 aliphatic heterocycles. The minimum absolute atomic E-state index is 0.00305. The number of pyridine rings is 1. The number of rotatable bonds is 6. The van der Waals surface area contributed by atoms with Crippen LogP contribution in [0.15, 0.2) is 64.3 Å². The lowest BCUT2D eigenvalue weighted by Crippen LogP contribution is -2.27. The van der Waals surface area contributed by atoms with Gasteiger partial charge in [-0.3, -0.25) is 4.79 Å². The molecule has 6 nitrogen and oxygen atoms in total. The normalized spacial score (nSPS) is 19.7. The van der Waals surface area contributed by atoms with Gasteiger partial charge in [-0.05, 0) is 36.6 Å². The Hall–Kier alpha value is -2.16. The summed E-state index contributed by atoms with van der Waals surface area (Å²) in [6.45, 7) is 5.39. The summed E-state index contributed by atoms with van der Waals surface area (Å²) >= 11 is 1.32. The highest BCUT2D eigenvalue weighted by molar-refractivity contribution is 7.99. The molecule has 0 atom stereocenters. The Labute approximate surface area is 188 Å². The van der Waals surface area contributed by atoms with Crippen molar-refractivity contribution in [2.24, 2.45) is 0 Å². The van der Waals surface area contributed by atoms with E-state index >= 15 is 0 Å². The zero-order valence-electron chi connectivity index (χ0n) is 18.0. The molecule has 1 aromatic carbocycles. The van der Waals surface area contributed by atoms with Gasteiger partial charge in [0.1, 0.15) is 4.90 Å². The molecule has 0 radical (unpaired) electrons. The summed E-state index contributed by atoms with van der Waals surface area (Å²) in [7, 11) is -1.48. The van der Waals surface area contributed by atoms with Crippen LogP contribution in [0.4, 0.5) is 5.69 Å². The number of allylic oxidation sites excluding steroid dienone is 2. The number of nitrogens with zero attached hydrogens (tertiary/aromatic N) is 3. The molecule has 8 heteroatoms. The number of hydrogen-bond donors (Lipinski definition) is 0. The number of anilines is 1. The molecule has 31 heavy (non-hydrogen) atoms. The monoisotopic (exact) mass is 457 g/mol. The van der Waals surface area contributed by atoms with Crippen LogP contribution in [0.2, 0.25) is 0 Å². The van der Waals surface area contributed by atoms with Crippen molar-refractivity contribution in [2.75, 3.05) is 30.8 Å². The second-order valence-corrected chi connectivity index (χ2v) is 11.4. The SMILES string of the molecule is CN1/C(=C\C(=O)CSc2ccc(S(=O)(=O)N3CCCC3)cn2)C(C)(C)c2ccccc21. The minimum Gasteiger partial charge on any atom is -0.347 e. The fourth-order valence-corrected chi connectivity index (χ4v) is 6.41. The Morgan fingerprint density at radius 1 is 1.16 bits per heavy atom. The number of thioether (sulfide) groups is 1. The number of ketones is 1. The van der Waals surface area contributed by atoms with Gasteiger partial charge in [0.2, 0.25) is 10.0 Å². The van der Waals surface area contributed by atoms with Gasteiger partial charge in [0.15, 0.2) is 5.78 Å². The summed E-state index contributed by atoms with van der Waals surface area (Å²) in [5, 5.41) is 0.634. The number of sulfonamides is 1. The number of fused-ring (bicyclic) bond motifs is 1. The van der Waals surface area contributed by atoms with Gasteiger partial charge < -0.3 is 4.90 Å². The molecule has 2 aliphatic rings. The number of aromatic nitrogens is 1. The number of benzene rings is 1. The van der Waals surface area contributed by atoms with Gasteiger partial charge in [-0.15, -0.1) is 0 Å².